The maximum Gasteiger partial charge on any atom is 0.306 e. The van der Waals surface area contributed by atoms with Crippen molar-refractivity contribution in [2.75, 3.05) is 19.7 Å². The van der Waals surface area contributed by atoms with Crippen molar-refractivity contribution in [1.29, 1.82) is 0 Å². The Balaban J connectivity index is 1.87. The van der Waals surface area contributed by atoms with Crippen molar-refractivity contribution in [3.8, 4) is 5.69 Å². The Morgan fingerprint density at radius 3 is 2.85 bits per heavy atom. The van der Waals surface area contributed by atoms with Gasteiger partial charge in [-0.1, -0.05) is 19.9 Å². The molecule has 1 aliphatic heterocycles. The van der Waals surface area contributed by atoms with E-state index >= 15 is 0 Å². The van der Waals surface area contributed by atoms with Gasteiger partial charge in [-0.25, -0.2) is 14.1 Å². The minimum Gasteiger partial charge on any atom is -0.481 e. The molecule has 2 aromatic rings. The molecule has 0 spiro atoms. The standard InChI is InChI=1S/C18H21FN4O4/c1-11(2)17-20-16(21-23(17)13-5-3-4-12(19)8-13)18(26)22-6-7-27-14(10-22)9-15(24)25/h3-5,8,11,14H,6-7,9-10H2,1-2H3,(H,24,25). The minimum atomic E-state index is -0.982. The van der Waals surface area contributed by atoms with Crippen LogP contribution in [0.25, 0.3) is 5.69 Å². The van der Waals surface area contributed by atoms with Crippen LogP contribution in [0.2, 0.25) is 0 Å². The first-order chi connectivity index (χ1) is 12.8. The highest BCUT2D eigenvalue weighted by atomic mass is 19.1. The van der Waals surface area contributed by atoms with Crippen molar-refractivity contribution in [2.45, 2.75) is 32.3 Å². The van der Waals surface area contributed by atoms with Gasteiger partial charge < -0.3 is 14.7 Å². The number of carbonyl (C=O) groups excluding carboxylic acids is 1. The van der Waals surface area contributed by atoms with Gasteiger partial charge in [-0.2, -0.15) is 0 Å². The Kier molecular flexibility index (Phi) is 5.50. The number of aliphatic carboxylic acids is 1. The van der Waals surface area contributed by atoms with Crippen LogP contribution < -0.4 is 0 Å². The molecule has 8 nitrogen and oxygen atoms in total. The summed E-state index contributed by atoms with van der Waals surface area (Å²) in [5.41, 5.74) is 0.482. The minimum absolute atomic E-state index is 0.000985. The van der Waals surface area contributed by atoms with Crippen molar-refractivity contribution >= 4 is 11.9 Å². The Morgan fingerprint density at radius 2 is 2.19 bits per heavy atom. The molecule has 1 aromatic heterocycles. The van der Waals surface area contributed by atoms with Gasteiger partial charge in [-0.05, 0) is 18.2 Å². The number of carbonyl (C=O) groups is 2. The Labute approximate surface area is 155 Å². The van der Waals surface area contributed by atoms with E-state index in [0.29, 0.717) is 18.1 Å². The van der Waals surface area contributed by atoms with Crippen molar-refractivity contribution < 1.29 is 23.8 Å². The highest BCUT2D eigenvalue weighted by molar-refractivity contribution is 5.90. The van der Waals surface area contributed by atoms with Crippen LogP contribution in [0.15, 0.2) is 24.3 Å². The summed E-state index contributed by atoms with van der Waals surface area (Å²) in [5, 5.41) is 13.2. The summed E-state index contributed by atoms with van der Waals surface area (Å²) >= 11 is 0. The summed E-state index contributed by atoms with van der Waals surface area (Å²) in [6, 6.07) is 5.91. The molecule has 1 aliphatic rings. The summed E-state index contributed by atoms with van der Waals surface area (Å²) in [7, 11) is 0. The number of rotatable bonds is 5. The van der Waals surface area contributed by atoms with E-state index in [1.807, 2.05) is 13.8 Å². The summed E-state index contributed by atoms with van der Waals surface area (Å²) in [5.74, 6) is -1.28. The molecule has 144 valence electrons. The van der Waals surface area contributed by atoms with E-state index < -0.39 is 23.8 Å². The number of amides is 1. The molecule has 1 unspecified atom stereocenters. The van der Waals surface area contributed by atoms with Crippen molar-refractivity contribution in [3.63, 3.8) is 0 Å². The van der Waals surface area contributed by atoms with E-state index in [9.17, 15) is 14.0 Å². The molecule has 0 radical (unpaired) electrons. The number of morpholine rings is 1. The van der Waals surface area contributed by atoms with Gasteiger partial charge in [0.05, 0.1) is 24.8 Å². The maximum absolute atomic E-state index is 13.6. The predicted octanol–water partition coefficient (Wildman–Crippen LogP) is 1.85. The Morgan fingerprint density at radius 1 is 1.41 bits per heavy atom. The van der Waals surface area contributed by atoms with Gasteiger partial charge in [-0.3, -0.25) is 9.59 Å². The van der Waals surface area contributed by atoms with Crippen molar-refractivity contribution in [2.24, 2.45) is 0 Å². The molecule has 9 heteroatoms. The van der Waals surface area contributed by atoms with Crippen LogP contribution in [-0.2, 0) is 9.53 Å². The number of halogens is 1. The molecule has 1 fully saturated rings. The normalized spacial score (nSPS) is 17.3. The number of hydrogen-bond donors (Lipinski definition) is 1. The third-order valence-corrected chi connectivity index (χ3v) is 4.22. The maximum atomic E-state index is 13.6. The monoisotopic (exact) mass is 376 g/mol. The second-order valence-electron chi connectivity index (χ2n) is 6.68. The third kappa shape index (κ3) is 4.30. The van der Waals surface area contributed by atoms with Crippen LogP contribution in [0.4, 0.5) is 4.39 Å². The molecule has 1 aromatic carbocycles. The molecule has 0 aliphatic carbocycles. The zero-order valence-corrected chi connectivity index (χ0v) is 15.1. The first kappa shape index (κ1) is 19.0. The molecule has 0 bridgehead atoms. The SMILES string of the molecule is CC(C)c1nc(C(=O)N2CCOC(CC(=O)O)C2)nn1-c1cccc(F)c1. The summed E-state index contributed by atoms with van der Waals surface area (Å²) in [6.07, 6.45) is -0.735. The smallest absolute Gasteiger partial charge is 0.306 e. The summed E-state index contributed by atoms with van der Waals surface area (Å²) < 4.78 is 20.5. The van der Waals surface area contributed by atoms with Gasteiger partial charge in [0, 0.05) is 19.0 Å². The molecule has 1 atom stereocenters. The molecule has 1 saturated heterocycles. The lowest BCUT2D eigenvalue weighted by Crippen LogP contribution is -2.46. The van der Waals surface area contributed by atoms with Gasteiger partial charge in [0.15, 0.2) is 0 Å². The van der Waals surface area contributed by atoms with E-state index in [1.165, 1.54) is 21.7 Å². The zero-order valence-electron chi connectivity index (χ0n) is 15.1. The molecule has 1 amide bonds. The lowest BCUT2D eigenvalue weighted by atomic mass is 10.2. The van der Waals surface area contributed by atoms with Gasteiger partial charge in [0.1, 0.15) is 11.6 Å². The topological polar surface area (TPSA) is 97.6 Å². The molecular formula is C18H21FN4O4. The number of nitrogens with zero attached hydrogens (tertiary/aromatic N) is 4. The zero-order chi connectivity index (χ0) is 19.6. The highest BCUT2D eigenvalue weighted by Crippen LogP contribution is 2.19. The third-order valence-electron chi connectivity index (χ3n) is 4.22. The average Bonchev–Trinajstić information content (AvgIpc) is 3.06. The van der Waals surface area contributed by atoms with E-state index in [0.717, 1.165) is 0 Å². The molecule has 2 heterocycles. The van der Waals surface area contributed by atoms with Crippen molar-refractivity contribution in [1.82, 2.24) is 19.7 Å². The van der Waals surface area contributed by atoms with Gasteiger partial charge in [-0.15, -0.1) is 5.10 Å². The van der Waals surface area contributed by atoms with E-state index in [-0.39, 0.29) is 31.3 Å². The Bertz CT molecular complexity index is 852. The van der Waals surface area contributed by atoms with E-state index in [2.05, 4.69) is 10.1 Å². The van der Waals surface area contributed by atoms with Crippen LogP contribution in [0, 0.1) is 5.82 Å². The molecule has 3 rings (SSSR count). The molecule has 27 heavy (non-hydrogen) atoms. The number of benzene rings is 1. The van der Waals surface area contributed by atoms with Crippen molar-refractivity contribution in [3.05, 3.63) is 41.7 Å². The quantitative estimate of drug-likeness (QED) is 0.855. The van der Waals surface area contributed by atoms with E-state index in [1.54, 1.807) is 12.1 Å². The number of carboxylic acid groups (broad SMARTS) is 1. The fraction of sp³-hybridized carbons (Fsp3) is 0.444. The average molecular weight is 376 g/mol. The number of hydrogen-bond acceptors (Lipinski definition) is 5. The van der Waals surface area contributed by atoms with Crippen LogP contribution in [0.5, 0.6) is 0 Å². The van der Waals surface area contributed by atoms with E-state index in [4.69, 9.17) is 9.84 Å². The van der Waals surface area contributed by atoms with Gasteiger partial charge in [0.2, 0.25) is 5.82 Å². The first-order valence-corrected chi connectivity index (χ1v) is 8.70. The fourth-order valence-electron chi connectivity index (χ4n) is 2.95. The van der Waals surface area contributed by atoms with Gasteiger partial charge >= 0.3 is 5.97 Å². The molecule has 1 N–H and O–H groups in total. The number of ether oxygens (including phenoxy) is 1. The number of carboxylic acids is 1. The van der Waals surface area contributed by atoms with Crippen LogP contribution in [0.1, 0.15) is 42.6 Å². The van der Waals surface area contributed by atoms with Crippen LogP contribution >= 0.6 is 0 Å². The molecule has 0 saturated carbocycles. The number of aromatic nitrogens is 3. The lowest BCUT2D eigenvalue weighted by Gasteiger charge is -2.31. The summed E-state index contributed by atoms with van der Waals surface area (Å²) in [4.78, 5) is 29.6. The highest BCUT2D eigenvalue weighted by Gasteiger charge is 2.29. The van der Waals surface area contributed by atoms with Gasteiger partial charge in [0.25, 0.3) is 5.91 Å². The second kappa shape index (κ2) is 7.83. The Hall–Kier alpha value is -2.81. The predicted molar refractivity (Wildman–Crippen MR) is 93.3 cm³/mol. The van der Waals surface area contributed by atoms with Crippen LogP contribution in [0.3, 0.4) is 0 Å². The lowest BCUT2D eigenvalue weighted by molar-refractivity contribution is -0.141. The fourth-order valence-corrected chi connectivity index (χ4v) is 2.95. The first-order valence-electron chi connectivity index (χ1n) is 8.70. The molecular weight excluding hydrogens is 355 g/mol. The second-order valence-corrected chi connectivity index (χ2v) is 6.68. The summed E-state index contributed by atoms with van der Waals surface area (Å²) in [6.45, 7) is 4.57. The largest absolute Gasteiger partial charge is 0.481 e. The van der Waals surface area contributed by atoms with Crippen LogP contribution in [-0.4, -0.2) is 62.4 Å².